The standard InChI is InChI=1S/C13H15NO2/c1-9-5-4-6-10-11(9)13(2,7-8-15)12(16)14(10)3/h4-6,8H,7H2,1-3H3. The van der Waals surface area contributed by atoms with Crippen LogP contribution in [0.2, 0.25) is 0 Å². The summed E-state index contributed by atoms with van der Waals surface area (Å²) in [6.45, 7) is 3.83. The van der Waals surface area contributed by atoms with E-state index in [0.29, 0.717) is 0 Å². The number of carbonyl (C=O) groups excluding carboxylic acids is 2. The van der Waals surface area contributed by atoms with Crippen molar-refractivity contribution in [2.75, 3.05) is 11.9 Å². The van der Waals surface area contributed by atoms with Crippen LogP contribution < -0.4 is 4.90 Å². The van der Waals surface area contributed by atoms with Crippen molar-refractivity contribution in [2.24, 2.45) is 0 Å². The molecule has 1 aromatic rings. The summed E-state index contributed by atoms with van der Waals surface area (Å²) in [5.41, 5.74) is 2.31. The highest BCUT2D eigenvalue weighted by Crippen LogP contribution is 2.44. The van der Waals surface area contributed by atoms with E-state index in [1.807, 2.05) is 32.0 Å². The molecule has 0 N–H and O–H groups in total. The molecule has 1 unspecified atom stereocenters. The van der Waals surface area contributed by atoms with Crippen LogP contribution in [-0.2, 0) is 15.0 Å². The van der Waals surface area contributed by atoms with Crippen molar-refractivity contribution >= 4 is 17.9 Å². The molecule has 1 aliphatic rings. The topological polar surface area (TPSA) is 37.4 Å². The number of rotatable bonds is 2. The van der Waals surface area contributed by atoms with Gasteiger partial charge in [0.05, 0.1) is 5.41 Å². The van der Waals surface area contributed by atoms with Gasteiger partial charge in [-0.2, -0.15) is 0 Å². The van der Waals surface area contributed by atoms with Gasteiger partial charge < -0.3 is 9.69 Å². The van der Waals surface area contributed by atoms with Crippen LogP contribution in [0.15, 0.2) is 18.2 Å². The molecule has 0 aromatic heterocycles. The third-order valence-corrected chi connectivity index (χ3v) is 3.43. The first-order valence-electron chi connectivity index (χ1n) is 5.34. The lowest BCUT2D eigenvalue weighted by Gasteiger charge is -2.21. The highest BCUT2D eigenvalue weighted by atomic mass is 16.2. The molecular formula is C13H15NO2. The van der Waals surface area contributed by atoms with Gasteiger partial charge in [-0.1, -0.05) is 12.1 Å². The van der Waals surface area contributed by atoms with Gasteiger partial charge in [0.2, 0.25) is 5.91 Å². The number of nitrogens with zero attached hydrogens (tertiary/aromatic N) is 1. The van der Waals surface area contributed by atoms with E-state index in [2.05, 4.69) is 0 Å². The molecule has 1 heterocycles. The van der Waals surface area contributed by atoms with Crippen molar-refractivity contribution < 1.29 is 9.59 Å². The van der Waals surface area contributed by atoms with Crippen molar-refractivity contribution in [3.05, 3.63) is 29.3 Å². The Balaban J connectivity index is 2.69. The van der Waals surface area contributed by atoms with E-state index in [1.54, 1.807) is 11.9 Å². The van der Waals surface area contributed by atoms with Gasteiger partial charge in [-0.25, -0.2) is 0 Å². The maximum Gasteiger partial charge on any atom is 0.237 e. The van der Waals surface area contributed by atoms with Crippen molar-refractivity contribution in [1.29, 1.82) is 0 Å². The van der Waals surface area contributed by atoms with Gasteiger partial charge in [0, 0.05) is 19.2 Å². The summed E-state index contributed by atoms with van der Waals surface area (Å²) in [5.74, 6) is 0.00361. The molecule has 0 saturated carbocycles. The lowest BCUT2D eigenvalue weighted by molar-refractivity contribution is -0.124. The highest BCUT2D eigenvalue weighted by Gasteiger charge is 2.46. The van der Waals surface area contributed by atoms with E-state index < -0.39 is 5.41 Å². The second-order valence-corrected chi connectivity index (χ2v) is 4.54. The van der Waals surface area contributed by atoms with E-state index in [4.69, 9.17) is 0 Å². The summed E-state index contributed by atoms with van der Waals surface area (Å²) < 4.78 is 0. The van der Waals surface area contributed by atoms with Gasteiger partial charge in [-0.05, 0) is 31.0 Å². The second kappa shape index (κ2) is 3.44. The van der Waals surface area contributed by atoms with Gasteiger partial charge in [0.25, 0.3) is 0 Å². The van der Waals surface area contributed by atoms with Crippen LogP contribution >= 0.6 is 0 Å². The molecule has 3 heteroatoms. The first-order chi connectivity index (χ1) is 7.52. The summed E-state index contributed by atoms with van der Waals surface area (Å²) in [7, 11) is 1.76. The summed E-state index contributed by atoms with van der Waals surface area (Å²) in [6.07, 6.45) is 1.07. The SMILES string of the molecule is Cc1cccc2c1C(C)(CC=O)C(=O)N2C. The zero-order valence-corrected chi connectivity index (χ0v) is 9.78. The highest BCUT2D eigenvalue weighted by molar-refractivity contribution is 6.08. The molecule has 16 heavy (non-hydrogen) atoms. The van der Waals surface area contributed by atoms with Crippen LogP contribution in [0, 0.1) is 6.92 Å². The van der Waals surface area contributed by atoms with Gasteiger partial charge in [0.15, 0.2) is 0 Å². The molecule has 0 spiro atoms. The summed E-state index contributed by atoms with van der Waals surface area (Å²) in [6, 6.07) is 5.84. The number of benzene rings is 1. The number of carbonyl (C=O) groups is 2. The Kier molecular flexibility index (Phi) is 2.34. The van der Waals surface area contributed by atoms with E-state index >= 15 is 0 Å². The molecule has 0 saturated heterocycles. The molecule has 1 atom stereocenters. The van der Waals surface area contributed by atoms with Gasteiger partial charge in [0.1, 0.15) is 6.29 Å². The molecule has 0 aliphatic carbocycles. The van der Waals surface area contributed by atoms with Crippen molar-refractivity contribution in [2.45, 2.75) is 25.7 Å². The van der Waals surface area contributed by atoms with Crippen LogP contribution in [0.5, 0.6) is 0 Å². The van der Waals surface area contributed by atoms with Crippen LogP contribution in [0.3, 0.4) is 0 Å². The summed E-state index contributed by atoms with van der Waals surface area (Å²) >= 11 is 0. The molecule has 2 rings (SSSR count). The van der Waals surface area contributed by atoms with Crippen molar-refractivity contribution in [3.63, 3.8) is 0 Å². The maximum absolute atomic E-state index is 12.2. The average Bonchev–Trinajstić information content (AvgIpc) is 2.43. The summed E-state index contributed by atoms with van der Waals surface area (Å²) in [5, 5.41) is 0. The van der Waals surface area contributed by atoms with Crippen molar-refractivity contribution in [1.82, 2.24) is 0 Å². The zero-order chi connectivity index (χ0) is 11.9. The lowest BCUT2D eigenvalue weighted by atomic mass is 9.79. The van der Waals surface area contributed by atoms with E-state index in [0.717, 1.165) is 23.1 Å². The first kappa shape index (κ1) is 10.9. The molecule has 1 amide bonds. The number of fused-ring (bicyclic) bond motifs is 1. The quantitative estimate of drug-likeness (QED) is 0.708. The number of aldehydes is 1. The van der Waals surface area contributed by atoms with Crippen molar-refractivity contribution in [3.8, 4) is 0 Å². The van der Waals surface area contributed by atoms with Gasteiger partial charge >= 0.3 is 0 Å². The molecule has 0 radical (unpaired) electrons. The number of hydrogen-bond donors (Lipinski definition) is 0. The monoisotopic (exact) mass is 217 g/mol. The minimum absolute atomic E-state index is 0.00361. The van der Waals surface area contributed by atoms with Crippen LogP contribution in [-0.4, -0.2) is 19.2 Å². The number of amides is 1. The fourth-order valence-electron chi connectivity index (χ4n) is 2.59. The molecule has 1 aliphatic heterocycles. The third-order valence-electron chi connectivity index (χ3n) is 3.43. The third kappa shape index (κ3) is 1.21. The molecule has 0 fully saturated rings. The molecule has 1 aromatic carbocycles. The zero-order valence-electron chi connectivity index (χ0n) is 9.78. The smallest absolute Gasteiger partial charge is 0.237 e. The maximum atomic E-state index is 12.2. The summed E-state index contributed by atoms with van der Waals surface area (Å²) in [4.78, 5) is 24.6. The fraction of sp³-hybridized carbons (Fsp3) is 0.385. The Hall–Kier alpha value is -1.64. The molecule has 0 bridgehead atoms. The predicted molar refractivity (Wildman–Crippen MR) is 62.6 cm³/mol. The normalized spacial score (nSPS) is 23.4. The molecule has 3 nitrogen and oxygen atoms in total. The minimum atomic E-state index is -0.683. The lowest BCUT2D eigenvalue weighted by Crippen LogP contribution is -2.36. The Morgan fingerprint density at radius 1 is 1.44 bits per heavy atom. The molecule has 84 valence electrons. The Labute approximate surface area is 95.1 Å². The number of hydrogen-bond acceptors (Lipinski definition) is 2. The predicted octanol–water partition coefficient (Wildman–Crippen LogP) is 1.82. The number of likely N-dealkylation sites (N-methyl/N-ethyl adjacent to an activating group) is 1. The fourth-order valence-corrected chi connectivity index (χ4v) is 2.59. The van der Waals surface area contributed by atoms with Crippen LogP contribution in [0.25, 0.3) is 0 Å². The first-order valence-corrected chi connectivity index (χ1v) is 5.34. The molecular weight excluding hydrogens is 202 g/mol. The number of aryl methyl sites for hydroxylation is 1. The van der Waals surface area contributed by atoms with E-state index in [1.165, 1.54) is 0 Å². The van der Waals surface area contributed by atoms with E-state index in [-0.39, 0.29) is 12.3 Å². The Morgan fingerprint density at radius 2 is 2.12 bits per heavy atom. The number of anilines is 1. The Bertz CT molecular complexity index is 467. The van der Waals surface area contributed by atoms with Crippen LogP contribution in [0.4, 0.5) is 5.69 Å². The Morgan fingerprint density at radius 3 is 2.75 bits per heavy atom. The van der Waals surface area contributed by atoms with Crippen LogP contribution in [0.1, 0.15) is 24.5 Å². The van der Waals surface area contributed by atoms with Gasteiger partial charge in [-0.15, -0.1) is 0 Å². The second-order valence-electron chi connectivity index (χ2n) is 4.54. The minimum Gasteiger partial charge on any atom is -0.314 e. The van der Waals surface area contributed by atoms with Gasteiger partial charge in [-0.3, -0.25) is 4.79 Å². The largest absolute Gasteiger partial charge is 0.314 e. The van der Waals surface area contributed by atoms with E-state index in [9.17, 15) is 9.59 Å². The average molecular weight is 217 g/mol.